The molecule has 14 nitrogen and oxygen atoms in total. The zero-order chi connectivity index (χ0) is 30.9. The van der Waals surface area contributed by atoms with Crippen LogP contribution in [0.25, 0.3) is 0 Å². The second kappa shape index (κ2) is 10.4. The van der Waals surface area contributed by atoms with Crippen LogP contribution in [-0.4, -0.2) is 82.9 Å². The minimum atomic E-state index is -4.86. The Morgan fingerprint density at radius 1 is 1.12 bits per heavy atom. The molecule has 5 rings (SSSR count). The fourth-order valence-corrected chi connectivity index (χ4v) is 6.52. The van der Waals surface area contributed by atoms with E-state index in [0.717, 1.165) is 6.92 Å². The summed E-state index contributed by atoms with van der Waals surface area (Å²) >= 11 is 0. The van der Waals surface area contributed by atoms with E-state index in [1.54, 1.807) is 0 Å². The number of aliphatic hydroxyl groups is 1. The highest BCUT2D eigenvalue weighted by Crippen LogP contribution is 2.52. The summed E-state index contributed by atoms with van der Waals surface area (Å²) in [5.41, 5.74) is 2.50. The maximum Gasteiger partial charge on any atom is 0.397 e. The standard InChI is InChI=1S/C27H29NO13S/c1-10-26(41-42(35,36)37)14(28)7-17(39-10)40-16-9-27(34,11(2)29)8-13-19(16)25(33)21-20(23(13)31)22(30)12-5-4-6-15(38-3)18(12)24(21)32/h4-6,10,14,16-17,26,31,33-34H,7-9,28H2,1-3H3,(H,35,36,37)/t10-,14+,16-,17-,26+,27-/m0/s1. The summed E-state index contributed by atoms with van der Waals surface area (Å²) in [4.78, 5) is 39.8. The highest BCUT2D eigenvalue weighted by Gasteiger charge is 2.49. The van der Waals surface area contributed by atoms with Crippen molar-refractivity contribution in [2.75, 3.05) is 7.11 Å². The van der Waals surface area contributed by atoms with Gasteiger partial charge in [0.1, 0.15) is 29.0 Å². The number of carbonyl (C=O) groups is 3. The molecule has 6 atom stereocenters. The van der Waals surface area contributed by atoms with Crippen molar-refractivity contribution in [3.8, 4) is 17.2 Å². The first-order valence-corrected chi connectivity index (χ1v) is 14.3. The summed E-state index contributed by atoms with van der Waals surface area (Å²) in [6, 6.07) is 3.30. The van der Waals surface area contributed by atoms with E-state index < -0.39 is 99.5 Å². The molecule has 0 saturated carbocycles. The molecule has 0 aromatic heterocycles. The van der Waals surface area contributed by atoms with E-state index >= 15 is 0 Å². The molecule has 1 aliphatic heterocycles. The van der Waals surface area contributed by atoms with Gasteiger partial charge in [-0.05, 0) is 19.9 Å². The number of nitrogens with two attached hydrogens (primary N) is 1. The van der Waals surface area contributed by atoms with Crippen molar-refractivity contribution in [2.45, 2.75) is 69.4 Å². The van der Waals surface area contributed by atoms with Crippen molar-refractivity contribution in [1.82, 2.24) is 0 Å². The molecule has 1 heterocycles. The Balaban J connectivity index is 1.61. The van der Waals surface area contributed by atoms with Crippen LogP contribution in [-0.2, 0) is 35.3 Å². The van der Waals surface area contributed by atoms with Crippen molar-refractivity contribution in [1.29, 1.82) is 0 Å². The molecule has 0 spiro atoms. The Labute approximate surface area is 239 Å². The first-order valence-electron chi connectivity index (χ1n) is 12.9. The zero-order valence-corrected chi connectivity index (χ0v) is 23.5. The third-order valence-electron chi connectivity index (χ3n) is 8.00. The van der Waals surface area contributed by atoms with Gasteiger partial charge in [-0.25, -0.2) is 4.18 Å². The van der Waals surface area contributed by atoms with Gasteiger partial charge in [0.15, 0.2) is 17.9 Å². The maximum absolute atomic E-state index is 13.7. The molecule has 1 saturated heterocycles. The molecule has 0 amide bonds. The fraction of sp³-hybridized carbons (Fsp3) is 0.444. The molecule has 0 radical (unpaired) electrons. The van der Waals surface area contributed by atoms with Crippen LogP contribution in [0.4, 0.5) is 0 Å². The van der Waals surface area contributed by atoms with Gasteiger partial charge >= 0.3 is 10.4 Å². The molecule has 15 heteroatoms. The molecule has 2 aliphatic carbocycles. The van der Waals surface area contributed by atoms with E-state index in [-0.39, 0.29) is 34.4 Å². The van der Waals surface area contributed by atoms with Crippen LogP contribution in [0.3, 0.4) is 0 Å². The number of carbonyl (C=O) groups excluding carboxylic acids is 3. The summed E-state index contributed by atoms with van der Waals surface area (Å²) < 4.78 is 53.2. The normalized spacial score (nSPS) is 29.0. The number of hydrogen-bond acceptors (Lipinski definition) is 13. The monoisotopic (exact) mass is 607 g/mol. The lowest BCUT2D eigenvalue weighted by atomic mass is 9.72. The molecule has 0 bridgehead atoms. The molecule has 3 aliphatic rings. The number of methoxy groups -OCH3 is 1. The van der Waals surface area contributed by atoms with Gasteiger partial charge in [-0.1, -0.05) is 12.1 Å². The number of phenols is 2. The Kier molecular flexibility index (Phi) is 7.42. The first-order chi connectivity index (χ1) is 19.6. The lowest BCUT2D eigenvalue weighted by Crippen LogP contribution is -2.54. The average Bonchev–Trinajstić information content (AvgIpc) is 2.90. The van der Waals surface area contributed by atoms with Gasteiger partial charge in [-0.3, -0.25) is 18.9 Å². The predicted molar refractivity (Wildman–Crippen MR) is 141 cm³/mol. The molecule has 6 N–H and O–H groups in total. The van der Waals surface area contributed by atoms with Crippen LogP contribution in [0.15, 0.2) is 18.2 Å². The van der Waals surface area contributed by atoms with E-state index in [9.17, 15) is 38.1 Å². The van der Waals surface area contributed by atoms with E-state index in [4.69, 9.17) is 24.5 Å². The number of benzene rings is 2. The number of aromatic hydroxyl groups is 2. The second-order valence-electron chi connectivity index (χ2n) is 10.6. The maximum atomic E-state index is 13.7. The first kappa shape index (κ1) is 30.0. The quantitative estimate of drug-likeness (QED) is 0.193. The van der Waals surface area contributed by atoms with Crippen molar-refractivity contribution in [2.24, 2.45) is 5.73 Å². The SMILES string of the molecule is COc1cccc2c1C(=O)c1c(O)c3c(c(O)c1C2=O)C[C@@](O)(C(C)=O)C[C@@H]3O[C@H]1C[C@@H](N)[C@H](OS(=O)(=O)O)[C@H](C)O1. The van der Waals surface area contributed by atoms with Crippen LogP contribution < -0.4 is 10.5 Å². The third-order valence-corrected chi connectivity index (χ3v) is 8.46. The minimum Gasteiger partial charge on any atom is -0.507 e. The zero-order valence-electron chi connectivity index (χ0n) is 22.7. The lowest BCUT2D eigenvalue weighted by Gasteiger charge is -2.42. The topological polar surface area (TPSA) is 229 Å². The number of ether oxygens (including phenoxy) is 3. The van der Waals surface area contributed by atoms with Gasteiger partial charge in [0.2, 0.25) is 5.78 Å². The molecule has 0 unspecified atom stereocenters. The summed E-state index contributed by atoms with van der Waals surface area (Å²) in [6.45, 7) is 2.54. The second-order valence-corrected chi connectivity index (χ2v) is 11.7. The number of ketones is 3. The highest BCUT2D eigenvalue weighted by molar-refractivity contribution is 7.80. The molecular weight excluding hydrogens is 578 g/mol. The van der Waals surface area contributed by atoms with Crippen molar-refractivity contribution >= 4 is 27.7 Å². The number of phenolic OH excluding ortho intramolecular Hbond substituents is 2. The lowest BCUT2D eigenvalue weighted by molar-refractivity contribution is -0.244. The smallest absolute Gasteiger partial charge is 0.397 e. The van der Waals surface area contributed by atoms with E-state index in [1.165, 1.54) is 32.2 Å². The van der Waals surface area contributed by atoms with Crippen LogP contribution >= 0.6 is 0 Å². The van der Waals surface area contributed by atoms with Gasteiger partial charge < -0.3 is 35.3 Å². The molecular formula is C27H29NO13S. The predicted octanol–water partition coefficient (Wildman–Crippen LogP) is 0.856. The van der Waals surface area contributed by atoms with E-state index in [1.807, 2.05) is 0 Å². The van der Waals surface area contributed by atoms with Gasteiger partial charge in [0, 0.05) is 42.0 Å². The Morgan fingerprint density at radius 3 is 2.38 bits per heavy atom. The Bertz CT molecular complexity index is 1610. The number of hydrogen-bond donors (Lipinski definition) is 5. The number of Topliss-reactive ketones (excluding diaryl/α,β-unsaturated/α-hetero) is 1. The molecule has 42 heavy (non-hydrogen) atoms. The number of rotatable bonds is 6. The third kappa shape index (κ3) is 4.86. The van der Waals surface area contributed by atoms with Crippen molar-refractivity contribution in [3.63, 3.8) is 0 Å². The molecule has 2 aromatic carbocycles. The van der Waals surface area contributed by atoms with Crippen molar-refractivity contribution in [3.05, 3.63) is 51.6 Å². The minimum absolute atomic E-state index is 0.0628. The summed E-state index contributed by atoms with van der Waals surface area (Å²) in [5.74, 6) is -3.57. The van der Waals surface area contributed by atoms with E-state index in [0.29, 0.717) is 0 Å². The van der Waals surface area contributed by atoms with Crippen LogP contribution in [0.1, 0.15) is 75.8 Å². The average molecular weight is 608 g/mol. The largest absolute Gasteiger partial charge is 0.507 e. The number of fused-ring (bicyclic) bond motifs is 3. The summed E-state index contributed by atoms with van der Waals surface area (Å²) in [6.07, 6.45) is -5.99. The van der Waals surface area contributed by atoms with Crippen LogP contribution in [0.5, 0.6) is 17.2 Å². The summed E-state index contributed by atoms with van der Waals surface area (Å²) in [7, 11) is -3.55. The molecule has 2 aromatic rings. The highest BCUT2D eigenvalue weighted by atomic mass is 32.3. The van der Waals surface area contributed by atoms with Gasteiger partial charge in [0.05, 0.1) is 36.0 Å². The van der Waals surface area contributed by atoms with Crippen LogP contribution in [0, 0.1) is 0 Å². The van der Waals surface area contributed by atoms with Crippen LogP contribution in [0.2, 0.25) is 0 Å². The van der Waals surface area contributed by atoms with Gasteiger partial charge in [0.25, 0.3) is 0 Å². The summed E-state index contributed by atoms with van der Waals surface area (Å²) in [5, 5.41) is 34.1. The van der Waals surface area contributed by atoms with E-state index in [2.05, 4.69) is 4.18 Å². The van der Waals surface area contributed by atoms with Crippen molar-refractivity contribution < 1.29 is 61.1 Å². The Hall–Kier alpha value is -3.44. The Morgan fingerprint density at radius 2 is 1.79 bits per heavy atom. The molecule has 226 valence electrons. The van der Waals surface area contributed by atoms with Gasteiger partial charge in [-0.2, -0.15) is 8.42 Å². The van der Waals surface area contributed by atoms with Gasteiger partial charge in [-0.15, -0.1) is 0 Å². The molecule has 1 fully saturated rings. The fourth-order valence-electron chi connectivity index (χ4n) is 5.94.